The zero-order valence-corrected chi connectivity index (χ0v) is 15.4. The number of aryl methyl sites for hydroxylation is 1. The summed E-state index contributed by atoms with van der Waals surface area (Å²) in [6, 6.07) is 14.6. The number of nitrogens with zero attached hydrogens (tertiary/aromatic N) is 1. The van der Waals surface area contributed by atoms with Crippen molar-refractivity contribution < 1.29 is 14.6 Å². The van der Waals surface area contributed by atoms with E-state index in [-0.39, 0.29) is 17.1 Å². The van der Waals surface area contributed by atoms with Crippen molar-refractivity contribution in [3.05, 3.63) is 76.2 Å². The van der Waals surface area contributed by atoms with Crippen molar-refractivity contribution in [3.8, 4) is 5.75 Å². The van der Waals surface area contributed by atoms with Crippen LogP contribution in [0.1, 0.15) is 31.0 Å². The Morgan fingerprint density at radius 1 is 1.11 bits per heavy atom. The highest BCUT2D eigenvalue weighted by Gasteiger charge is 2.09. The number of hydrogen-bond donors (Lipinski definition) is 1. The Bertz CT molecular complexity index is 1010. The Hall–Kier alpha value is -3.08. The van der Waals surface area contributed by atoms with Gasteiger partial charge in [-0.25, -0.2) is 0 Å². The molecular weight excluding hydrogens is 342 g/mol. The van der Waals surface area contributed by atoms with Gasteiger partial charge in [0, 0.05) is 49.0 Å². The first-order valence-corrected chi connectivity index (χ1v) is 9.12. The lowest BCUT2D eigenvalue weighted by Crippen LogP contribution is -2.13. The maximum Gasteiger partial charge on any atom is 0.305 e. The number of esters is 1. The third-order valence-corrected chi connectivity index (χ3v) is 4.50. The molecule has 1 heterocycles. The van der Waals surface area contributed by atoms with E-state index in [1.54, 1.807) is 25.3 Å². The molecule has 0 aliphatic rings. The number of carbonyl (C=O) groups is 1. The smallest absolute Gasteiger partial charge is 0.305 e. The zero-order valence-electron chi connectivity index (χ0n) is 15.4. The zero-order chi connectivity index (χ0) is 19.2. The van der Waals surface area contributed by atoms with E-state index >= 15 is 0 Å². The van der Waals surface area contributed by atoms with Gasteiger partial charge in [0.05, 0.1) is 6.61 Å². The lowest BCUT2D eigenvalue weighted by atomic mass is 10.0. The van der Waals surface area contributed by atoms with Crippen LogP contribution in [0, 0.1) is 0 Å². The van der Waals surface area contributed by atoms with Crippen molar-refractivity contribution in [2.75, 3.05) is 6.61 Å². The Morgan fingerprint density at radius 3 is 2.59 bits per heavy atom. The topological polar surface area (TPSA) is 68.5 Å². The third kappa shape index (κ3) is 4.76. The number of phenolic OH excluding ortho intramolecular Hbond substituents is 1. The van der Waals surface area contributed by atoms with E-state index in [2.05, 4.69) is 0 Å². The van der Waals surface area contributed by atoms with E-state index in [4.69, 9.17) is 4.74 Å². The van der Waals surface area contributed by atoms with Crippen LogP contribution in [0.15, 0.2) is 59.5 Å². The molecule has 27 heavy (non-hydrogen) atoms. The van der Waals surface area contributed by atoms with E-state index in [0.29, 0.717) is 32.4 Å². The minimum Gasteiger partial charge on any atom is -0.508 e. The highest BCUT2D eigenvalue weighted by atomic mass is 16.5. The molecule has 5 nitrogen and oxygen atoms in total. The molecule has 0 unspecified atom stereocenters. The van der Waals surface area contributed by atoms with Gasteiger partial charge in [0.1, 0.15) is 5.75 Å². The average Bonchev–Trinajstić information content (AvgIpc) is 2.64. The van der Waals surface area contributed by atoms with Crippen LogP contribution in [-0.2, 0) is 22.5 Å². The van der Waals surface area contributed by atoms with Gasteiger partial charge in [0.2, 0.25) is 0 Å². The molecule has 0 spiro atoms. The van der Waals surface area contributed by atoms with Crippen LogP contribution in [0.5, 0.6) is 5.75 Å². The number of fused-ring (bicyclic) bond motifs is 1. The molecule has 5 heteroatoms. The van der Waals surface area contributed by atoms with Crippen molar-refractivity contribution in [2.24, 2.45) is 0 Å². The second-order valence-electron chi connectivity index (χ2n) is 6.46. The van der Waals surface area contributed by atoms with Crippen molar-refractivity contribution in [2.45, 2.75) is 32.7 Å². The number of benzene rings is 2. The molecule has 0 atom stereocenters. The second-order valence-corrected chi connectivity index (χ2v) is 6.46. The van der Waals surface area contributed by atoms with Crippen LogP contribution in [-0.4, -0.2) is 22.2 Å². The molecule has 3 rings (SSSR count). The molecule has 0 aliphatic heterocycles. The number of pyridine rings is 1. The van der Waals surface area contributed by atoms with E-state index < -0.39 is 0 Å². The average molecular weight is 365 g/mol. The molecule has 0 saturated carbocycles. The number of aromatic nitrogens is 1. The molecule has 1 N–H and O–H groups in total. The summed E-state index contributed by atoms with van der Waals surface area (Å²) in [5.41, 5.74) is 1.49. The largest absolute Gasteiger partial charge is 0.508 e. The molecule has 140 valence electrons. The molecule has 0 amide bonds. The van der Waals surface area contributed by atoms with Crippen molar-refractivity contribution >= 4 is 16.7 Å². The Balaban J connectivity index is 1.82. The third-order valence-electron chi connectivity index (χ3n) is 4.50. The van der Waals surface area contributed by atoms with Gasteiger partial charge in [-0.2, -0.15) is 0 Å². The second kappa shape index (κ2) is 8.54. The standard InChI is InChI=1S/C22H23NO4/c1-2-27-22(26)8-5-10-23-11-9-20(24)15-19(23)13-18-12-16-6-3-4-7-17(16)14-21(18)25/h3-4,6-7,9,11-12,14-15,25H,2,5,8,10,13H2,1H3. The van der Waals surface area contributed by atoms with Gasteiger partial charge in [-0.15, -0.1) is 0 Å². The van der Waals surface area contributed by atoms with E-state index in [9.17, 15) is 14.7 Å². The van der Waals surface area contributed by atoms with E-state index in [1.807, 2.05) is 34.9 Å². The van der Waals surface area contributed by atoms with Gasteiger partial charge in [-0.3, -0.25) is 9.59 Å². The maximum absolute atomic E-state index is 11.8. The Kier molecular flexibility index (Phi) is 5.91. The molecule has 0 aliphatic carbocycles. The summed E-state index contributed by atoms with van der Waals surface area (Å²) in [6.07, 6.45) is 3.13. The van der Waals surface area contributed by atoms with Gasteiger partial charge in [0.25, 0.3) is 0 Å². The first kappa shape index (κ1) is 18.7. The SMILES string of the molecule is CCOC(=O)CCCn1ccc(=O)cc1Cc1cc2ccccc2cc1O. The van der Waals surface area contributed by atoms with Gasteiger partial charge in [-0.05, 0) is 36.2 Å². The predicted octanol–water partition coefficient (Wildman–Crippen LogP) is 3.64. The highest BCUT2D eigenvalue weighted by Crippen LogP contribution is 2.26. The van der Waals surface area contributed by atoms with E-state index in [0.717, 1.165) is 22.0 Å². The van der Waals surface area contributed by atoms with E-state index in [1.165, 1.54) is 6.07 Å². The van der Waals surface area contributed by atoms with Crippen molar-refractivity contribution in [1.29, 1.82) is 0 Å². The fraction of sp³-hybridized carbons (Fsp3) is 0.273. The number of hydrogen-bond acceptors (Lipinski definition) is 4. The minimum atomic E-state index is -0.215. The van der Waals surface area contributed by atoms with Gasteiger partial charge < -0.3 is 14.4 Å². The molecule has 3 aromatic rings. The monoisotopic (exact) mass is 365 g/mol. The summed E-state index contributed by atoms with van der Waals surface area (Å²) < 4.78 is 6.90. The molecule has 0 saturated heterocycles. The first-order valence-electron chi connectivity index (χ1n) is 9.12. The van der Waals surface area contributed by atoms with Crippen LogP contribution >= 0.6 is 0 Å². The lowest BCUT2D eigenvalue weighted by Gasteiger charge is -2.14. The number of carbonyl (C=O) groups excluding carboxylic acids is 1. The Morgan fingerprint density at radius 2 is 1.85 bits per heavy atom. The number of aromatic hydroxyl groups is 1. The van der Waals surface area contributed by atoms with Crippen LogP contribution in [0.4, 0.5) is 0 Å². The molecular formula is C22H23NO4. The molecule has 0 bridgehead atoms. The summed E-state index contributed by atoms with van der Waals surface area (Å²) in [6.45, 7) is 2.76. The summed E-state index contributed by atoms with van der Waals surface area (Å²) in [7, 11) is 0. The van der Waals surface area contributed by atoms with Gasteiger partial charge in [0.15, 0.2) is 5.43 Å². The fourth-order valence-corrected chi connectivity index (χ4v) is 3.16. The predicted molar refractivity (Wildman–Crippen MR) is 105 cm³/mol. The van der Waals surface area contributed by atoms with Gasteiger partial charge in [-0.1, -0.05) is 24.3 Å². The minimum absolute atomic E-state index is 0.0769. The maximum atomic E-state index is 11.8. The number of ether oxygens (including phenoxy) is 1. The summed E-state index contributed by atoms with van der Waals surface area (Å²) >= 11 is 0. The fourth-order valence-electron chi connectivity index (χ4n) is 3.16. The van der Waals surface area contributed by atoms with Crippen LogP contribution in [0.3, 0.4) is 0 Å². The normalized spacial score (nSPS) is 10.9. The molecule has 1 aromatic heterocycles. The quantitative estimate of drug-likeness (QED) is 0.649. The van der Waals surface area contributed by atoms with Crippen molar-refractivity contribution in [3.63, 3.8) is 0 Å². The highest BCUT2D eigenvalue weighted by molar-refractivity contribution is 5.85. The van der Waals surface area contributed by atoms with Crippen molar-refractivity contribution in [1.82, 2.24) is 4.57 Å². The first-order chi connectivity index (χ1) is 13.1. The number of rotatable bonds is 7. The lowest BCUT2D eigenvalue weighted by molar-refractivity contribution is -0.143. The summed E-state index contributed by atoms with van der Waals surface area (Å²) in [4.78, 5) is 23.4. The summed E-state index contributed by atoms with van der Waals surface area (Å²) in [5, 5.41) is 12.4. The van der Waals surface area contributed by atoms with Crippen LogP contribution in [0.2, 0.25) is 0 Å². The molecule has 0 fully saturated rings. The van der Waals surface area contributed by atoms with Crippen LogP contribution in [0.25, 0.3) is 10.8 Å². The molecule has 0 radical (unpaired) electrons. The van der Waals surface area contributed by atoms with Gasteiger partial charge >= 0.3 is 5.97 Å². The van der Waals surface area contributed by atoms with Crippen LogP contribution < -0.4 is 5.43 Å². The Labute approximate surface area is 157 Å². The summed E-state index contributed by atoms with van der Waals surface area (Å²) in [5.74, 6) is -0.00431. The number of phenols is 1. The molecule has 2 aromatic carbocycles.